The molecular weight excluding hydrogens is 90.1 g/mol. The number of nitriles is 1. The lowest BCUT2D eigenvalue weighted by atomic mass is 10.5. The quantitative estimate of drug-likeness (QED) is 0.510. The molecule has 39 valence electrons. The zero-order valence-electron chi connectivity index (χ0n) is 4.35. The van der Waals surface area contributed by atoms with E-state index < -0.39 is 6.10 Å². The van der Waals surface area contributed by atoms with Crippen molar-refractivity contribution in [3.8, 4) is 6.07 Å². The molecule has 0 aliphatic carbocycles. The molecule has 1 unspecified atom stereocenters. The van der Waals surface area contributed by atoms with Crippen molar-refractivity contribution in [3.05, 3.63) is 6.92 Å². The van der Waals surface area contributed by atoms with Crippen LogP contribution < -0.4 is 0 Å². The van der Waals surface area contributed by atoms with Gasteiger partial charge >= 0.3 is 0 Å². The van der Waals surface area contributed by atoms with Crippen LogP contribution in [-0.2, 0) is 4.74 Å². The van der Waals surface area contributed by atoms with Crippen molar-refractivity contribution in [3.63, 3.8) is 0 Å². The third-order valence-electron chi connectivity index (χ3n) is 0.512. The summed E-state index contributed by atoms with van der Waals surface area (Å²) in [5, 5.41) is 8.03. The van der Waals surface area contributed by atoms with Crippen molar-refractivity contribution in [2.24, 2.45) is 0 Å². The van der Waals surface area contributed by atoms with Gasteiger partial charge in [-0.05, 0) is 13.8 Å². The molecule has 0 aliphatic rings. The number of rotatable bonds is 2. The van der Waals surface area contributed by atoms with E-state index in [1.54, 1.807) is 0 Å². The van der Waals surface area contributed by atoms with Gasteiger partial charge in [-0.2, -0.15) is 5.26 Å². The SMILES string of the molecule is [CH2]C(C#N)OCC. The normalized spacial score (nSPS) is 12.7. The molecule has 0 heterocycles. The molecule has 2 heteroatoms. The van der Waals surface area contributed by atoms with Crippen molar-refractivity contribution >= 4 is 0 Å². The van der Waals surface area contributed by atoms with Gasteiger partial charge in [0, 0.05) is 6.61 Å². The molecule has 0 saturated carbocycles. The van der Waals surface area contributed by atoms with Crippen molar-refractivity contribution in [2.45, 2.75) is 13.0 Å². The van der Waals surface area contributed by atoms with Gasteiger partial charge in [0.1, 0.15) is 6.10 Å². The monoisotopic (exact) mass is 98.1 g/mol. The molecule has 0 aliphatic heterocycles. The van der Waals surface area contributed by atoms with Crippen LogP contribution in [0.25, 0.3) is 0 Å². The van der Waals surface area contributed by atoms with Gasteiger partial charge in [0.15, 0.2) is 0 Å². The predicted molar refractivity (Wildman–Crippen MR) is 26.4 cm³/mol. The van der Waals surface area contributed by atoms with E-state index in [0.717, 1.165) is 0 Å². The van der Waals surface area contributed by atoms with E-state index in [9.17, 15) is 0 Å². The van der Waals surface area contributed by atoms with E-state index in [0.29, 0.717) is 6.61 Å². The predicted octanol–water partition coefficient (Wildman–Crippen LogP) is 0.749. The van der Waals surface area contributed by atoms with Crippen LogP contribution in [0, 0.1) is 18.3 Å². The van der Waals surface area contributed by atoms with Crippen LogP contribution in [0.4, 0.5) is 0 Å². The smallest absolute Gasteiger partial charge is 0.144 e. The zero-order chi connectivity index (χ0) is 5.70. The molecule has 0 N–H and O–H groups in total. The highest BCUT2D eigenvalue weighted by Gasteiger charge is 1.92. The first-order valence-corrected chi connectivity index (χ1v) is 2.15. The Bertz CT molecular complexity index is 74.6. The summed E-state index contributed by atoms with van der Waals surface area (Å²) in [7, 11) is 0. The minimum atomic E-state index is -0.495. The van der Waals surface area contributed by atoms with Crippen molar-refractivity contribution < 1.29 is 4.74 Å². The molecule has 0 aromatic heterocycles. The van der Waals surface area contributed by atoms with Gasteiger partial charge in [-0.15, -0.1) is 0 Å². The van der Waals surface area contributed by atoms with Gasteiger partial charge in [-0.25, -0.2) is 0 Å². The molecule has 0 bridgehead atoms. The molecule has 0 saturated heterocycles. The summed E-state index contributed by atoms with van der Waals surface area (Å²) in [6, 6.07) is 1.83. The molecule has 1 atom stereocenters. The number of ether oxygens (including phenoxy) is 1. The van der Waals surface area contributed by atoms with Gasteiger partial charge in [0.25, 0.3) is 0 Å². The standard InChI is InChI=1S/C5H8NO/c1-3-7-5(2)4-6/h5H,2-3H2,1H3. The van der Waals surface area contributed by atoms with Crippen LogP contribution in [0.5, 0.6) is 0 Å². The lowest BCUT2D eigenvalue weighted by Crippen LogP contribution is -2.03. The molecule has 7 heavy (non-hydrogen) atoms. The van der Waals surface area contributed by atoms with Crippen molar-refractivity contribution in [2.75, 3.05) is 6.61 Å². The number of hydrogen-bond donors (Lipinski definition) is 0. The lowest BCUT2D eigenvalue weighted by Gasteiger charge is -1.97. The topological polar surface area (TPSA) is 33.0 Å². The van der Waals surface area contributed by atoms with E-state index in [-0.39, 0.29) is 0 Å². The Morgan fingerprint density at radius 2 is 2.57 bits per heavy atom. The Morgan fingerprint density at radius 3 is 2.71 bits per heavy atom. The first-order chi connectivity index (χ1) is 3.31. The molecule has 0 spiro atoms. The van der Waals surface area contributed by atoms with Crippen LogP contribution in [0.3, 0.4) is 0 Å². The third kappa shape index (κ3) is 3.28. The van der Waals surface area contributed by atoms with E-state index in [1.165, 1.54) is 0 Å². The summed E-state index contributed by atoms with van der Waals surface area (Å²) in [6.07, 6.45) is -0.495. The van der Waals surface area contributed by atoms with Gasteiger partial charge in [0.2, 0.25) is 0 Å². The fraction of sp³-hybridized carbons (Fsp3) is 0.600. The Hall–Kier alpha value is -0.550. The summed E-state index contributed by atoms with van der Waals surface area (Å²) in [5.41, 5.74) is 0. The van der Waals surface area contributed by atoms with Crippen LogP contribution in [0.15, 0.2) is 0 Å². The highest BCUT2D eigenvalue weighted by molar-refractivity contribution is 4.85. The lowest BCUT2D eigenvalue weighted by molar-refractivity contribution is 0.131. The van der Waals surface area contributed by atoms with Gasteiger partial charge in [-0.1, -0.05) is 0 Å². The Kier molecular flexibility index (Phi) is 3.35. The molecule has 2 nitrogen and oxygen atoms in total. The second kappa shape index (κ2) is 3.63. The van der Waals surface area contributed by atoms with Crippen molar-refractivity contribution in [1.29, 1.82) is 5.26 Å². The van der Waals surface area contributed by atoms with E-state index >= 15 is 0 Å². The van der Waals surface area contributed by atoms with Crippen LogP contribution in [0.2, 0.25) is 0 Å². The fourth-order valence-corrected chi connectivity index (χ4v) is 0.238. The van der Waals surface area contributed by atoms with Crippen molar-refractivity contribution in [1.82, 2.24) is 0 Å². The van der Waals surface area contributed by atoms with Crippen LogP contribution in [0.1, 0.15) is 6.92 Å². The Labute approximate surface area is 43.7 Å². The summed E-state index contributed by atoms with van der Waals surface area (Å²) in [6.45, 7) is 5.75. The van der Waals surface area contributed by atoms with Crippen LogP contribution in [-0.4, -0.2) is 12.7 Å². The maximum absolute atomic E-state index is 8.03. The van der Waals surface area contributed by atoms with Gasteiger partial charge in [-0.3, -0.25) is 0 Å². The highest BCUT2D eigenvalue weighted by Crippen LogP contribution is 1.82. The molecule has 0 aromatic carbocycles. The second-order valence-electron chi connectivity index (χ2n) is 1.07. The Morgan fingerprint density at radius 1 is 2.00 bits per heavy atom. The largest absolute Gasteiger partial charge is 0.364 e. The first-order valence-electron chi connectivity index (χ1n) is 2.15. The third-order valence-corrected chi connectivity index (χ3v) is 0.512. The molecule has 0 rings (SSSR count). The molecule has 1 radical (unpaired) electrons. The maximum atomic E-state index is 8.03. The van der Waals surface area contributed by atoms with Gasteiger partial charge in [0.05, 0.1) is 6.07 Å². The average molecular weight is 98.1 g/mol. The molecular formula is C5H8NO. The van der Waals surface area contributed by atoms with Gasteiger partial charge < -0.3 is 4.74 Å². The number of hydrogen-bond acceptors (Lipinski definition) is 2. The molecule has 0 fully saturated rings. The summed E-state index contributed by atoms with van der Waals surface area (Å²) in [5.74, 6) is 0. The minimum Gasteiger partial charge on any atom is -0.364 e. The van der Waals surface area contributed by atoms with E-state index in [1.807, 2.05) is 13.0 Å². The average Bonchev–Trinajstić information content (AvgIpc) is 1.68. The molecule has 0 amide bonds. The molecule has 0 aromatic rings. The maximum Gasteiger partial charge on any atom is 0.144 e. The zero-order valence-corrected chi connectivity index (χ0v) is 4.35. The van der Waals surface area contributed by atoms with E-state index in [2.05, 4.69) is 6.92 Å². The second-order valence-corrected chi connectivity index (χ2v) is 1.07. The fourth-order valence-electron chi connectivity index (χ4n) is 0.238. The first kappa shape index (κ1) is 6.45. The minimum absolute atomic E-state index is 0.495. The van der Waals surface area contributed by atoms with E-state index in [4.69, 9.17) is 10.00 Å². The number of nitrogens with zero attached hydrogens (tertiary/aromatic N) is 1. The summed E-state index contributed by atoms with van der Waals surface area (Å²) in [4.78, 5) is 0. The summed E-state index contributed by atoms with van der Waals surface area (Å²) >= 11 is 0. The highest BCUT2D eigenvalue weighted by atomic mass is 16.5. The van der Waals surface area contributed by atoms with Crippen LogP contribution >= 0.6 is 0 Å². The summed E-state index contributed by atoms with van der Waals surface area (Å²) < 4.78 is 4.72. The Balaban J connectivity index is 3.04.